The Morgan fingerprint density at radius 3 is 2.23 bits per heavy atom. The number of methoxy groups -OCH3 is 1. The summed E-state index contributed by atoms with van der Waals surface area (Å²) in [5.74, 6) is 0.566. The van der Waals surface area contributed by atoms with Crippen molar-refractivity contribution in [3.05, 3.63) is 64.7 Å². The average molecular weight is 429 g/mol. The zero-order valence-electron chi connectivity index (χ0n) is 17.9. The Kier molecular flexibility index (Phi) is 6.63. The number of hydrogen-bond acceptors (Lipinski definition) is 4. The molecule has 1 aliphatic rings. The van der Waals surface area contributed by atoms with Crippen LogP contribution >= 0.6 is 0 Å². The first-order valence-corrected chi connectivity index (χ1v) is 11.4. The highest BCUT2D eigenvalue weighted by molar-refractivity contribution is 7.89. The first-order chi connectivity index (χ1) is 14.2. The molecule has 0 aromatic heterocycles. The Labute approximate surface area is 178 Å². The minimum Gasteiger partial charge on any atom is -0.496 e. The van der Waals surface area contributed by atoms with Gasteiger partial charge >= 0.3 is 0 Å². The SMILES string of the molecule is COc1ccc(C)cc1/C=C/C(=O)N1CCN(S(=O)(=O)c2ccc(C)cc2C)CC1. The molecule has 0 spiro atoms. The van der Waals surface area contributed by atoms with Crippen LogP contribution in [0.3, 0.4) is 0 Å². The summed E-state index contributed by atoms with van der Waals surface area (Å²) in [4.78, 5) is 14.6. The van der Waals surface area contributed by atoms with Gasteiger partial charge in [0.15, 0.2) is 0 Å². The van der Waals surface area contributed by atoms with E-state index in [-0.39, 0.29) is 19.0 Å². The van der Waals surface area contributed by atoms with E-state index in [2.05, 4.69) is 0 Å². The van der Waals surface area contributed by atoms with Crippen LogP contribution in [0.1, 0.15) is 22.3 Å². The van der Waals surface area contributed by atoms with E-state index in [1.165, 1.54) is 10.4 Å². The van der Waals surface area contributed by atoms with E-state index < -0.39 is 10.0 Å². The summed E-state index contributed by atoms with van der Waals surface area (Å²) < 4.78 is 32.8. The maximum atomic E-state index is 13.0. The van der Waals surface area contributed by atoms with E-state index in [4.69, 9.17) is 4.74 Å². The molecule has 1 heterocycles. The van der Waals surface area contributed by atoms with Crippen LogP contribution in [0.4, 0.5) is 0 Å². The van der Waals surface area contributed by atoms with Crippen LogP contribution in [0, 0.1) is 20.8 Å². The summed E-state index contributed by atoms with van der Waals surface area (Å²) in [5.41, 5.74) is 3.68. The highest BCUT2D eigenvalue weighted by Gasteiger charge is 2.30. The highest BCUT2D eigenvalue weighted by atomic mass is 32.2. The van der Waals surface area contributed by atoms with E-state index >= 15 is 0 Å². The molecule has 0 aliphatic carbocycles. The lowest BCUT2D eigenvalue weighted by Crippen LogP contribution is -2.50. The smallest absolute Gasteiger partial charge is 0.246 e. The van der Waals surface area contributed by atoms with Gasteiger partial charge in [0.1, 0.15) is 5.75 Å². The number of nitrogens with zero attached hydrogens (tertiary/aromatic N) is 2. The number of carbonyl (C=O) groups excluding carboxylic acids is 1. The topological polar surface area (TPSA) is 66.9 Å². The third-order valence-electron chi connectivity index (χ3n) is 5.29. The molecular weight excluding hydrogens is 400 g/mol. The summed E-state index contributed by atoms with van der Waals surface area (Å²) in [6.45, 7) is 7.01. The number of sulfonamides is 1. The van der Waals surface area contributed by atoms with Gasteiger partial charge in [-0.25, -0.2) is 8.42 Å². The van der Waals surface area contributed by atoms with Crippen molar-refractivity contribution in [1.82, 2.24) is 9.21 Å². The van der Waals surface area contributed by atoms with Crippen molar-refractivity contribution < 1.29 is 17.9 Å². The largest absolute Gasteiger partial charge is 0.496 e. The highest BCUT2D eigenvalue weighted by Crippen LogP contribution is 2.23. The first kappa shape index (κ1) is 22.1. The Balaban J connectivity index is 1.66. The number of benzene rings is 2. The fraction of sp³-hybridized carbons (Fsp3) is 0.348. The molecule has 0 unspecified atom stereocenters. The van der Waals surface area contributed by atoms with Crippen molar-refractivity contribution in [2.45, 2.75) is 25.7 Å². The third-order valence-corrected chi connectivity index (χ3v) is 7.35. The molecule has 0 radical (unpaired) electrons. The van der Waals surface area contributed by atoms with Crippen molar-refractivity contribution in [3.63, 3.8) is 0 Å². The summed E-state index contributed by atoms with van der Waals surface area (Å²) in [6.07, 6.45) is 3.26. The Morgan fingerprint density at radius 2 is 1.60 bits per heavy atom. The van der Waals surface area contributed by atoms with Crippen molar-refractivity contribution in [2.75, 3.05) is 33.3 Å². The number of piperazine rings is 1. The van der Waals surface area contributed by atoms with E-state index in [1.807, 2.05) is 51.1 Å². The lowest BCUT2D eigenvalue weighted by atomic mass is 10.1. The second kappa shape index (κ2) is 9.02. The third kappa shape index (κ3) is 4.74. The lowest BCUT2D eigenvalue weighted by molar-refractivity contribution is -0.127. The molecular formula is C23H28N2O4S. The predicted molar refractivity (Wildman–Crippen MR) is 118 cm³/mol. The Bertz CT molecular complexity index is 1070. The first-order valence-electron chi connectivity index (χ1n) is 9.91. The van der Waals surface area contributed by atoms with Crippen LogP contribution in [0.5, 0.6) is 5.75 Å². The number of ether oxygens (including phenoxy) is 1. The predicted octanol–water partition coefficient (Wildman–Crippen LogP) is 3.17. The van der Waals surface area contributed by atoms with Gasteiger partial charge in [-0.2, -0.15) is 4.31 Å². The molecule has 6 nitrogen and oxygen atoms in total. The minimum absolute atomic E-state index is 0.137. The van der Waals surface area contributed by atoms with Gasteiger partial charge in [-0.3, -0.25) is 4.79 Å². The summed E-state index contributed by atoms with van der Waals surface area (Å²) in [5, 5.41) is 0. The van der Waals surface area contributed by atoms with E-state index in [9.17, 15) is 13.2 Å². The van der Waals surface area contributed by atoms with Crippen molar-refractivity contribution in [2.24, 2.45) is 0 Å². The van der Waals surface area contributed by atoms with Crippen LogP contribution in [0.2, 0.25) is 0 Å². The van der Waals surface area contributed by atoms with Gasteiger partial charge in [-0.1, -0.05) is 29.3 Å². The quantitative estimate of drug-likeness (QED) is 0.686. The normalized spacial score (nSPS) is 15.5. The molecule has 0 N–H and O–H groups in total. The summed E-state index contributed by atoms with van der Waals surface area (Å²) >= 11 is 0. The van der Waals surface area contributed by atoms with Gasteiger partial charge in [-0.15, -0.1) is 0 Å². The van der Waals surface area contributed by atoms with Gasteiger partial charge in [0.05, 0.1) is 12.0 Å². The monoisotopic (exact) mass is 428 g/mol. The van der Waals surface area contributed by atoms with Crippen LogP contribution in [0.15, 0.2) is 47.4 Å². The van der Waals surface area contributed by atoms with E-state index in [1.54, 1.807) is 24.2 Å². The van der Waals surface area contributed by atoms with Gasteiger partial charge in [0, 0.05) is 37.8 Å². The number of rotatable bonds is 5. The standard InChI is InChI=1S/C23H28N2O4S/c1-17-6-9-22(19(3)15-17)30(27,28)25-13-11-24(12-14-25)23(26)10-7-20-16-18(2)5-8-21(20)29-4/h5-10,15-16H,11-14H2,1-4H3/b10-7+. The fourth-order valence-corrected chi connectivity index (χ4v) is 5.26. The van der Waals surface area contributed by atoms with Gasteiger partial charge in [0.2, 0.25) is 15.9 Å². The molecule has 1 aliphatic heterocycles. The molecule has 0 saturated carbocycles. The molecule has 1 amide bonds. The zero-order valence-corrected chi connectivity index (χ0v) is 18.7. The molecule has 0 atom stereocenters. The molecule has 7 heteroatoms. The minimum atomic E-state index is -3.57. The van der Waals surface area contributed by atoms with Gasteiger partial charge < -0.3 is 9.64 Å². The number of aryl methyl sites for hydroxylation is 3. The Hall–Kier alpha value is -2.64. The van der Waals surface area contributed by atoms with Crippen LogP contribution in [-0.4, -0.2) is 56.8 Å². The van der Waals surface area contributed by atoms with Gasteiger partial charge in [0.25, 0.3) is 0 Å². The molecule has 0 bridgehead atoms. The number of carbonyl (C=O) groups is 1. The van der Waals surface area contributed by atoms with Crippen LogP contribution < -0.4 is 4.74 Å². The van der Waals surface area contributed by atoms with Crippen molar-refractivity contribution in [3.8, 4) is 5.75 Å². The zero-order chi connectivity index (χ0) is 21.9. The average Bonchev–Trinajstić information content (AvgIpc) is 2.72. The maximum absolute atomic E-state index is 13.0. The lowest BCUT2D eigenvalue weighted by Gasteiger charge is -2.33. The molecule has 1 saturated heterocycles. The summed E-state index contributed by atoms with van der Waals surface area (Å²) in [6, 6.07) is 11.1. The maximum Gasteiger partial charge on any atom is 0.246 e. The van der Waals surface area contributed by atoms with E-state index in [0.717, 1.165) is 22.3 Å². The Morgan fingerprint density at radius 1 is 0.967 bits per heavy atom. The molecule has 1 fully saturated rings. The van der Waals surface area contributed by atoms with Crippen molar-refractivity contribution >= 4 is 22.0 Å². The molecule has 2 aromatic carbocycles. The number of amides is 1. The second-order valence-electron chi connectivity index (χ2n) is 7.58. The fourth-order valence-electron chi connectivity index (χ4n) is 3.63. The molecule has 160 valence electrons. The number of hydrogen-bond donors (Lipinski definition) is 0. The van der Waals surface area contributed by atoms with Crippen molar-refractivity contribution in [1.29, 1.82) is 0 Å². The summed E-state index contributed by atoms with van der Waals surface area (Å²) in [7, 11) is -1.97. The van der Waals surface area contributed by atoms with E-state index in [0.29, 0.717) is 23.7 Å². The van der Waals surface area contributed by atoms with Crippen LogP contribution in [0.25, 0.3) is 6.08 Å². The second-order valence-corrected chi connectivity index (χ2v) is 9.48. The molecule has 2 aromatic rings. The van der Waals surface area contributed by atoms with Gasteiger partial charge in [-0.05, 0) is 50.6 Å². The van der Waals surface area contributed by atoms with Crippen LogP contribution in [-0.2, 0) is 14.8 Å². The molecule has 30 heavy (non-hydrogen) atoms. The molecule has 3 rings (SSSR count).